The lowest BCUT2D eigenvalue weighted by molar-refractivity contribution is -0.147. The number of hydrogen-bond donors (Lipinski definition) is 0. The van der Waals surface area contributed by atoms with Crippen LogP contribution in [0.5, 0.6) is 0 Å². The average molecular weight is 651 g/mol. The van der Waals surface area contributed by atoms with Crippen molar-refractivity contribution in [2.75, 3.05) is 4.90 Å². The average Bonchev–Trinajstić information content (AvgIpc) is 3.32. The number of carbonyl (C=O) groups excluding carboxylic acids is 4. The number of carbonyl (C=O) groups is 4. The van der Waals surface area contributed by atoms with Gasteiger partial charge < -0.3 is 0 Å². The van der Waals surface area contributed by atoms with E-state index in [0.717, 1.165) is 29.2 Å². The van der Waals surface area contributed by atoms with Gasteiger partial charge in [0.1, 0.15) is 0 Å². The number of hydrogen-bond acceptors (Lipinski definition) is 4. The Kier molecular flexibility index (Phi) is 8.00. The molecule has 2 aliphatic heterocycles. The molecule has 2 heterocycles. The zero-order valence-corrected chi connectivity index (χ0v) is 26.4. The van der Waals surface area contributed by atoms with Gasteiger partial charge in [-0.25, -0.2) is 4.90 Å². The number of rotatable bonds is 8. The molecule has 4 unspecified atom stereocenters. The monoisotopic (exact) mass is 650 g/mol. The fourth-order valence-corrected chi connectivity index (χ4v) is 7.33. The van der Waals surface area contributed by atoms with E-state index in [1.165, 1.54) is 6.07 Å². The second-order valence-corrected chi connectivity index (χ2v) is 13.1. The Bertz CT molecular complexity index is 1580. The maximum Gasteiger partial charge on any atom is 0.417 e. The van der Waals surface area contributed by atoms with Gasteiger partial charge in [0.2, 0.25) is 23.6 Å². The number of halogens is 6. The standard InChI is InChI=1S/C34H36F6N2O4/c1-7-31(5,8-2)17-11-13-19(21(15-17)33(35,36)37)20-14-12-18(16-22(20)34(38,39)40)41-27(43)23-24(28(41)44)26-25(23)29(45)42(30(26)46)32(6,9-3)10-4/h11-16,23-26H,7-10H2,1-6H3. The zero-order valence-electron chi connectivity index (χ0n) is 26.4. The van der Waals surface area contributed by atoms with Gasteiger partial charge in [0, 0.05) is 5.54 Å². The van der Waals surface area contributed by atoms with Crippen LogP contribution in [-0.4, -0.2) is 34.1 Å². The van der Waals surface area contributed by atoms with Crippen molar-refractivity contribution in [2.24, 2.45) is 23.7 Å². The number of imide groups is 2. The predicted octanol–water partition coefficient (Wildman–Crippen LogP) is 7.77. The molecule has 4 amide bonds. The Balaban J connectivity index is 1.56. The highest BCUT2D eigenvalue weighted by molar-refractivity contribution is 6.27. The minimum atomic E-state index is -5.16. The van der Waals surface area contributed by atoms with Crippen LogP contribution in [0, 0.1) is 23.7 Å². The Morgan fingerprint density at radius 1 is 0.587 bits per heavy atom. The van der Waals surface area contributed by atoms with E-state index in [-0.39, 0.29) is 0 Å². The molecular formula is C34H36F6N2O4. The first-order valence-corrected chi connectivity index (χ1v) is 15.5. The summed E-state index contributed by atoms with van der Waals surface area (Å²) in [6.45, 7) is 10.8. The smallest absolute Gasteiger partial charge is 0.276 e. The molecule has 2 aromatic carbocycles. The fraction of sp³-hybridized carbons (Fsp3) is 0.529. The van der Waals surface area contributed by atoms with Crippen molar-refractivity contribution in [3.8, 4) is 11.1 Å². The van der Waals surface area contributed by atoms with E-state index in [2.05, 4.69) is 0 Å². The van der Waals surface area contributed by atoms with Gasteiger partial charge in [0.25, 0.3) is 0 Å². The Labute approximate surface area is 263 Å². The molecule has 248 valence electrons. The fourth-order valence-electron chi connectivity index (χ4n) is 7.33. The summed E-state index contributed by atoms with van der Waals surface area (Å²) < 4.78 is 86.6. The highest BCUT2D eigenvalue weighted by Crippen LogP contribution is 2.58. The summed E-state index contributed by atoms with van der Waals surface area (Å²) in [5, 5.41) is 0. The minimum absolute atomic E-state index is 0.342. The highest BCUT2D eigenvalue weighted by Gasteiger charge is 2.74. The van der Waals surface area contributed by atoms with Gasteiger partial charge in [-0.05, 0) is 72.9 Å². The third kappa shape index (κ3) is 4.76. The van der Waals surface area contributed by atoms with Crippen molar-refractivity contribution in [1.82, 2.24) is 4.90 Å². The van der Waals surface area contributed by atoms with E-state index < -0.39 is 98.5 Å². The Morgan fingerprint density at radius 3 is 1.41 bits per heavy atom. The van der Waals surface area contributed by atoms with Crippen molar-refractivity contribution in [3.63, 3.8) is 0 Å². The predicted molar refractivity (Wildman–Crippen MR) is 157 cm³/mol. The van der Waals surface area contributed by atoms with E-state index in [4.69, 9.17) is 0 Å². The van der Waals surface area contributed by atoms with Crippen LogP contribution in [0.3, 0.4) is 0 Å². The summed E-state index contributed by atoms with van der Waals surface area (Å²) in [5.74, 6) is -7.58. The first-order valence-electron chi connectivity index (χ1n) is 15.5. The molecule has 3 fully saturated rings. The topological polar surface area (TPSA) is 74.8 Å². The van der Waals surface area contributed by atoms with Gasteiger partial charge in [-0.1, -0.05) is 52.8 Å². The molecule has 3 aliphatic rings. The lowest BCUT2D eigenvalue weighted by atomic mass is 9.59. The van der Waals surface area contributed by atoms with Crippen LogP contribution in [0.2, 0.25) is 0 Å². The third-order valence-corrected chi connectivity index (χ3v) is 11.1. The molecule has 0 bridgehead atoms. The van der Waals surface area contributed by atoms with Gasteiger partial charge in [-0.15, -0.1) is 0 Å². The number of amides is 4. The van der Waals surface area contributed by atoms with Crippen molar-refractivity contribution in [2.45, 2.75) is 90.5 Å². The van der Waals surface area contributed by atoms with Crippen molar-refractivity contribution < 1.29 is 45.5 Å². The molecule has 1 aliphatic carbocycles. The van der Waals surface area contributed by atoms with E-state index in [1.54, 1.807) is 13.8 Å². The van der Waals surface area contributed by atoms with Crippen molar-refractivity contribution >= 4 is 29.3 Å². The largest absolute Gasteiger partial charge is 0.417 e. The number of likely N-dealkylation sites (tertiary alicyclic amines) is 1. The van der Waals surface area contributed by atoms with Gasteiger partial charge in [0.15, 0.2) is 0 Å². The summed E-state index contributed by atoms with van der Waals surface area (Å²) in [5.41, 5.74) is -5.74. The summed E-state index contributed by atoms with van der Waals surface area (Å²) in [6, 6.07) is 5.63. The van der Waals surface area contributed by atoms with Crippen molar-refractivity contribution in [1.29, 1.82) is 0 Å². The number of alkyl halides is 6. The maximum atomic E-state index is 14.5. The first kappa shape index (κ1) is 33.7. The van der Waals surface area contributed by atoms with Crippen LogP contribution in [0.1, 0.15) is 83.9 Å². The molecule has 0 radical (unpaired) electrons. The number of fused-ring (bicyclic) bond motifs is 4. The first-order chi connectivity index (χ1) is 21.3. The molecule has 1 saturated carbocycles. The van der Waals surface area contributed by atoms with Crippen LogP contribution >= 0.6 is 0 Å². The molecule has 4 atom stereocenters. The van der Waals surface area contributed by atoms with E-state index >= 15 is 0 Å². The number of benzene rings is 2. The molecular weight excluding hydrogens is 614 g/mol. The van der Waals surface area contributed by atoms with Crippen LogP contribution in [0.4, 0.5) is 32.0 Å². The van der Waals surface area contributed by atoms with E-state index in [9.17, 15) is 45.5 Å². The molecule has 2 saturated heterocycles. The molecule has 2 aromatic rings. The van der Waals surface area contributed by atoms with Crippen LogP contribution in [0.15, 0.2) is 36.4 Å². The maximum absolute atomic E-state index is 14.5. The highest BCUT2D eigenvalue weighted by atomic mass is 19.4. The summed E-state index contributed by atoms with van der Waals surface area (Å²) in [6.07, 6.45) is -8.22. The summed E-state index contributed by atoms with van der Waals surface area (Å²) >= 11 is 0. The summed E-state index contributed by atoms with van der Waals surface area (Å²) in [4.78, 5) is 55.5. The Morgan fingerprint density at radius 2 is 1.00 bits per heavy atom. The molecule has 0 spiro atoms. The lowest BCUT2D eigenvalue weighted by Gasteiger charge is -2.36. The zero-order chi connectivity index (χ0) is 34.3. The van der Waals surface area contributed by atoms with Crippen LogP contribution < -0.4 is 4.90 Å². The molecule has 12 heteroatoms. The number of anilines is 1. The van der Waals surface area contributed by atoms with E-state index in [1.807, 2.05) is 27.7 Å². The van der Waals surface area contributed by atoms with E-state index in [0.29, 0.717) is 42.2 Å². The van der Waals surface area contributed by atoms with Crippen molar-refractivity contribution in [3.05, 3.63) is 53.1 Å². The van der Waals surface area contributed by atoms with Gasteiger partial charge in [-0.2, -0.15) is 26.3 Å². The second kappa shape index (κ2) is 10.9. The normalized spacial score (nSPS) is 23.7. The van der Waals surface area contributed by atoms with Gasteiger partial charge >= 0.3 is 12.4 Å². The van der Waals surface area contributed by atoms with Gasteiger partial charge in [0.05, 0.1) is 40.5 Å². The lowest BCUT2D eigenvalue weighted by Crippen LogP contribution is -2.50. The quantitative estimate of drug-likeness (QED) is 0.216. The molecule has 5 rings (SSSR count). The second-order valence-electron chi connectivity index (χ2n) is 13.1. The molecule has 0 aromatic heterocycles. The third-order valence-electron chi connectivity index (χ3n) is 11.1. The molecule has 46 heavy (non-hydrogen) atoms. The minimum Gasteiger partial charge on any atom is -0.276 e. The Hall–Kier alpha value is -3.70. The van der Waals surface area contributed by atoms with Crippen LogP contribution in [-0.2, 0) is 36.9 Å². The van der Waals surface area contributed by atoms with Crippen LogP contribution in [0.25, 0.3) is 11.1 Å². The molecule has 0 N–H and O–H groups in total. The van der Waals surface area contributed by atoms with Gasteiger partial charge in [-0.3, -0.25) is 24.1 Å². The molecule has 6 nitrogen and oxygen atoms in total. The SMILES string of the molecule is CCC(C)(CC)c1ccc(-c2ccc(N3C(=O)C4C(C3=O)C3C(=O)N(C(C)(CC)CC)C(=O)C43)cc2C(F)(F)F)c(C(F)(F)F)c1. The summed E-state index contributed by atoms with van der Waals surface area (Å²) in [7, 11) is 0. The number of nitrogens with zero attached hydrogens (tertiary/aromatic N) is 2.